The smallest absolute Gasteiger partial charge is 0.200 e. The van der Waals surface area contributed by atoms with Crippen LogP contribution in [0.4, 0.5) is 0 Å². The molecule has 0 aromatic heterocycles. The Morgan fingerprint density at radius 2 is 0.875 bits per heavy atom. The van der Waals surface area contributed by atoms with Crippen LogP contribution in [0.5, 0.6) is 0 Å². The van der Waals surface area contributed by atoms with Crippen LogP contribution < -0.4 is 0 Å². The van der Waals surface area contributed by atoms with E-state index in [0.29, 0.717) is 62.9 Å². The fraction of sp³-hybridized carbons (Fsp3) is 0.830. The lowest BCUT2D eigenvalue weighted by Gasteiger charge is -2.42. The maximum atomic E-state index is 6.42. The summed E-state index contributed by atoms with van der Waals surface area (Å²) in [5.74, 6) is 0. The molecule has 334 valence electrons. The largest absolute Gasteiger partial charge is 0.414 e. The number of hydrogen-bond acceptors (Lipinski definition) is 7. The van der Waals surface area contributed by atoms with Gasteiger partial charge in [0.05, 0.1) is 75.3 Å². The van der Waals surface area contributed by atoms with E-state index in [0.717, 1.165) is 6.61 Å². The highest BCUT2D eigenvalue weighted by Crippen LogP contribution is 2.42. The van der Waals surface area contributed by atoms with Crippen LogP contribution in [0.15, 0.2) is 43.0 Å². The molecule has 9 heteroatoms. The first-order valence-electron chi connectivity index (χ1n) is 21.2. The first kappa shape index (κ1) is 59.4. The van der Waals surface area contributed by atoms with Gasteiger partial charge in [-0.15, -0.1) is 6.58 Å². The molecule has 56 heavy (non-hydrogen) atoms. The van der Waals surface area contributed by atoms with Gasteiger partial charge in [-0.2, -0.15) is 0 Å². The quantitative estimate of drug-likeness (QED) is 0.0829. The van der Waals surface area contributed by atoms with E-state index in [4.69, 9.17) is 32.5 Å². The van der Waals surface area contributed by atoms with Gasteiger partial charge in [0.2, 0.25) is 0 Å². The Balaban J connectivity index is -0.000000680. The van der Waals surface area contributed by atoms with Crippen molar-refractivity contribution in [2.75, 3.05) is 46.2 Å². The van der Waals surface area contributed by atoms with Crippen LogP contribution in [0.3, 0.4) is 0 Å². The third-order valence-electron chi connectivity index (χ3n) is 9.08. The molecule has 0 aliphatic rings. The van der Waals surface area contributed by atoms with Crippen LogP contribution in [-0.4, -0.2) is 85.3 Å². The Labute approximate surface area is 352 Å². The molecule has 0 heterocycles. The van der Waals surface area contributed by atoms with Crippen molar-refractivity contribution in [3.8, 4) is 0 Å². The van der Waals surface area contributed by atoms with E-state index in [1.807, 2.05) is 39.0 Å². The number of rotatable bonds is 18. The average molecular weight is 829 g/mol. The summed E-state index contributed by atoms with van der Waals surface area (Å²) < 4.78 is 40.0. The first-order valence-corrected chi connectivity index (χ1v) is 26.2. The molecule has 0 saturated heterocycles. The minimum absolute atomic E-state index is 0.0458. The third-order valence-corrected chi connectivity index (χ3v) is 19.7. The molecule has 0 atom stereocenters. The second kappa shape index (κ2) is 27.8. The van der Waals surface area contributed by atoms with Gasteiger partial charge in [-0.3, -0.25) is 0 Å². The Hall–Kier alpha value is -0.886. The fourth-order valence-corrected chi connectivity index (χ4v) is 11.8. The summed E-state index contributed by atoms with van der Waals surface area (Å²) >= 11 is 0. The summed E-state index contributed by atoms with van der Waals surface area (Å²) in [6.07, 6.45) is 1.73. The van der Waals surface area contributed by atoms with Gasteiger partial charge >= 0.3 is 0 Å². The molecule has 1 aromatic rings. The molecule has 0 radical (unpaired) electrons. The molecular weight excluding hydrogens is 733 g/mol. The summed E-state index contributed by atoms with van der Waals surface area (Å²) in [4.78, 5) is 0. The predicted octanol–water partition coefficient (Wildman–Crippen LogP) is 13.8. The molecule has 0 unspecified atom stereocenters. The average Bonchev–Trinajstić information content (AvgIpc) is 3.01. The van der Waals surface area contributed by atoms with Crippen LogP contribution in [0.2, 0.25) is 34.8 Å². The van der Waals surface area contributed by atoms with E-state index in [2.05, 4.69) is 156 Å². The van der Waals surface area contributed by atoms with Crippen LogP contribution in [-0.2, 0) is 39.1 Å². The zero-order chi connectivity index (χ0) is 44.7. The molecule has 1 aromatic carbocycles. The number of hydrogen-bond donors (Lipinski definition) is 0. The van der Waals surface area contributed by atoms with Crippen LogP contribution in [0, 0.1) is 0 Å². The van der Waals surface area contributed by atoms with E-state index in [1.54, 1.807) is 6.08 Å². The van der Waals surface area contributed by atoms with Crippen LogP contribution in [0.1, 0.15) is 151 Å². The summed E-state index contributed by atoms with van der Waals surface area (Å²) in [7, 11) is -3.29. The van der Waals surface area contributed by atoms with Gasteiger partial charge in [-0.05, 0) is 123 Å². The van der Waals surface area contributed by atoms with Crippen molar-refractivity contribution in [2.45, 2.75) is 209 Å². The highest BCUT2D eigenvalue weighted by atomic mass is 28.4. The van der Waals surface area contributed by atoms with E-state index in [1.165, 1.54) is 5.56 Å². The van der Waals surface area contributed by atoms with Crippen molar-refractivity contribution in [1.82, 2.24) is 0 Å². The lowest BCUT2D eigenvalue weighted by atomic mass is 10.2. The zero-order valence-electron chi connectivity index (χ0n) is 41.4. The Bertz CT molecular complexity index is 1060. The highest BCUT2D eigenvalue weighted by Gasteiger charge is 2.45. The van der Waals surface area contributed by atoms with Crippen LogP contribution in [0.25, 0.3) is 0 Å². The number of benzene rings is 1. The summed E-state index contributed by atoms with van der Waals surface area (Å²) in [6.45, 7) is 58.9. The van der Waals surface area contributed by atoms with Crippen molar-refractivity contribution in [1.29, 1.82) is 0 Å². The summed E-state index contributed by atoms with van der Waals surface area (Å²) in [5.41, 5.74) is 2.93. The molecule has 7 nitrogen and oxygen atoms in total. The lowest BCUT2D eigenvalue weighted by molar-refractivity contribution is -0.0312. The maximum Gasteiger partial charge on any atom is 0.200 e. The fourth-order valence-electron chi connectivity index (χ4n) is 5.37. The predicted molar refractivity (Wildman–Crippen MR) is 249 cm³/mol. The molecule has 0 saturated carbocycles. The normalized spacial score (nSPS) is 13.1. The monoisotopic (exact) mass is 829 g/mol. The van der Waals surface area contributed by atoms with Gasteiger partial charge < -0.3 is 32.5 Å². The highest BCUT2D eigenvalue weighted by molar-refractivity contribution is 6.77. The molecule has 0 aliphatic carbocycles. The third kappa shape index (κ3) is 33.0. The van der Waals surface area contributed by atoms with Gasteiger partial charge in [0.1, 0.15) is 0 Å². The van der Waals surface area contributed by atoms with Crippen molar-refractivity contribution in [3.05, 3.63) is 48.6 Å². The number of ether oxygens (including phenoxy) is 5. The van der Waals surface area contributed by atoms with Gasteiger partial charge in [0.15, 0.2) is 16.6 Å². The van der Waals surface area contributed by atoms with Crippen molar-refractivity contribution < 1.29 is 32.5 Å². The van der Waals surface area contributed by atoms with Crippen LogP contribution >= 0.6 is 0 Å². The summed E-state index contributed by atoms with van der Waals surface area (Å²) in [5, 5.41) is 0.286. The second-order valence-corrected chi connectivity index (χ2v) is 31.2. The lowest BCUT2D eigenvalue weighted by Crippen LogP contribution is -2.48. The Morgan fingerprint density at radius 1 is 0.518 bits per heavy atom. The molecule has 0 fully saturated rings. The Morgan fingerprint density at radius 3 is 1.20 bits per heavy atom. The maximum absolute atomic E-state index is 6.42. The van der Waals surface area contributed by atoms with Crippen molar-refractivity contribution >= 4 is 16.6 Å². The van der Waals surface area contributed by atoms with E-state index >= 15 is 0 Å². The van der Waals surface area contributed by atoms with Gasteiger partial charge in [-0.1, -0.05) is 98.7 Å². The molecule has 0 N–H and O–H groups in total. The van der Waals surface area contributed by atoms with E-state index in [9.17, 15) is 0 Å². The molecule has 0 amide bonds. The van der Waals surface area contributed by atoms with Crippen molar-refractivity contribution in [3.63, 3.8) is 0 Å². The molecule has 0 aliphatic heterocycles. The standard InChI is InChI=1S/C15H34O2Si.C12H28O2Si.C11H16O.C9H18O2/c1-12(2)18(13(3)4,14(5)6)17-11-10-16-15(7,8)9;1-11(2,3)13-9-10-14-15(7,8)12(4,5)6;1-11(2,3)12-9-10-7-5-4-6-8-10;1-5-6-10-7-8-11-9(2,3)4/h12-14H,10-11H2,1-9H3;9-10H2,1-8H3;4-8H,9H2,1-3H3;5H,1,6-8H2,2-4H3. The molecular formula is C47H96O7Si2. The minimum Gasteiger partial charge on any atom is -0.414 e. The van der Waals surface area contributed by atoms with E-state index < -0.39 is 16.6 Å². The summed E-state index contributed by atoms with van der Waals surface area (Å²) in [6, 6.07) is 10.2. The molecule has 0 bridgehead atoms. The SMILES string of the molecule is C=CCOCCOC(C)(C)C.CC(C)(C)OCCO[Si](C)(C)C(C)(C)C.CC(C)(C)OCc1ccccc1.CC(C)[Si](OCCOC(C)(C)C)(C(C)C)C(C)C. The van der Waals surface area contributed by atoms with E-state index in [-0.39, 0.29) is 27.4 Å². The minimum atomic E-state index is -1.70. The zero-order valence-corrected chi connectivity index (χ0v) is 43.4. The van der Waals surface area contributed by atoms with Gasteiger partial charge in [0.25, 0.3) is 0 Å². The van der Waals surface area contributed by atoms with Crippen molar-refractivity contribution in [2.24, 2.45) is 0 Å². The Kier molecular flexibility index (Phi) is 29.5. The topological polar surface area (TPSA) is 64.6 Å². The van der Waals surface area contributed by atoms with Gasteiger partial charge in [0, 0.05) is 0 Å². The first-order chi connectivity index (χ1) is 25.1. The van der Waals surface area contributed by atoms with Gasteiger partial charge in [-0.25, -0.2) is 0 Å². The second-order valence-electron chi connectivity index (χ2n) is 20.9. The molecule has 1 rings (SSSR count). The molecule has 0 spiro atoms.